The minimum absolute atomic E-state index is 0.0144. The van der Waals surface area contributed by atoms with E-state index in [4.69, 9.17) is 10.2 Å². The zero-order valence-corrected chi connectivity index (χ0v) is 15.5. The molecule has 1 atom stereocenters. The summed E-state index contributed by atoms with van der Waals surface area (Å²) in [5.41, 5.74) is 3.01. The van der Waals surface area contributed by atoms with Crippen molar-refractivity contribution in [2.75, 3.05) is 11.4 Å². The Kier molecular flexibility index (Phi) is 3.91. The van der Waals surface area contributed by atoms with Crippen LogP contribution >= 0.6 is 0 Å². The summed E-state index contributed by atoms with van der Waals surface area (Å²) in [6.45, 7) is 3.44. The molecule has 8 heteroatoms. The molecule has 2 aliphatic rings. The molecule has 140 valence electrons. The summed E-state index contributed by atoms with van der Waals surface area (Å²) >= 11 is 0. The second kappa shape index (κ2) is 6.44. The van der Waals surface area contributed by atoms with Gasteiger partial charge in [0.05, 0.1) is 18.3 Å². The van der Waals surface area contributed by atoms with Crippen LogP contribution in [-0.4, -0.2) is 42.2 Å². The lowest BCUT2D eigenvalue weighted by Crippen LogP contribution is -2.38. The first-order valence-electron chi connectivity index (χ1n) is 9.75. The number of hydrogen-bond donors (Lipinski definition) is 0. The molecule has 5 rings (SSSR count). The van der Waals surface area contributed by atoms with Gasteiger partial charge in [-0.05, 0) is 63.1 Å². The molecule has 0 radical (unpaired) electrons. The third-order valence-electron chi connectivity index (χ3n) is 5.73. The fraction of sp³-hybridized carbons (Fsp3) is 0.526. The van der Waals surface area contributed by atoms with Crippen LogP contribution in [0.5, 0.6) is 0 Å². The normalized spacial score (nSPS) is 19.6. The minimum atomic E-state index is 0.0144. The largest absolute Gasteiger partial charge is 0.350 e. The summed E-state index contributed by atoms with van der Waals surface area (Å²) in [4.78, 5) is 14.8. The molecule has 1 saturated heterocycles. The van der Waals surface area contributed by atoms with Crippen LogP contribution in [0.25, 0.3) is 5.65 Å². The van der Waals surface area contributed by atoms with E-state index in [0.29, 0.717) is 6.54 Å². The molecule has 0 aromatic carbocycles. The van der Waals surface area contributed by atoms with Crippen LogP contribution in [0.3, 0.4) is 0 Å². The Labute approximate surface area is 156 Å². The molecule has 0 spiro atoms. The molecule has 4 heterocycles. The summed E-state index contributed by atoms with van der Waals surface area (Å²) in [7, 11) is 0. The van der Waals surface area contributed by atoms with Gasteiger partial charge in [0.1, 0.15) is 5.82 Å². The molecule has 1 unspecified atom stereocenters. The summed E-state index contributed by atoms with van der Waals surface area (Å²) < 4.78 is 3.43. The third kappa shape index (κ3) is 2.89. The molecule has 1 fully saturated rings. The Bertz CT molecular complexity index is 1050. The van der Waals surface area contributed by atoms with E-state index in [2.05, 4.69) is 15.1 Å². The van der Waals surface area contributed by atoms with Crippen molar-refractivity contribution in [1.82, 2.24) is 29.6 Å². The zero-order chi connectivity index (χ0) is 18.4. The average Bonchev–Trinajstić information content (AvgIpc) is 3.29. The highest BCUT2D eigenvalue weighted by Crippen LogP contribution is 2.25. The second-order valence-electron chi connectivity index (χ2n) is 7.54. The van der Waals surface area contributed by atoms with Gasteiger partial charge in [0.25, 0.3) is 5.56 Å². The van der Waals surface area contributed by atoms with Gasteiger partial charge in [-0.25, -0.2) is 4.68 Å². The van der Waals surface area contributed by atoms with Crippen LogP contribution in [-0.2, 0) is 19.4 Å². The van der Waals surface area contributed by atoms with Gasteiger partial charge in [-0.1, -0.05) is 0 Å². The first-order valence-corrected chi connectivity index (χ1v) is 9.75. The van der Waals surface area contributed by atoms with Gasteiger partial charge in [-0.2, -0.15) is 9.61 Å². The summed E-state index contributed by atoms with van der Waals surface area (Å²) in [5, 5.41) is 17.6. The van der Waals surface area contributed by atoms with Crippen molar-refractivity contribution in [2.45, 2.75) is 58.0 Å². The van der Waals surface area contributed by atoms with Crippen LogP contribution < -0.4 is 10.5 Å². The van der Waals surface area contributed by atoms with E-state index in [1.165, 1.54) is 0 Å². The van der Waals surface area contributed by atoms with Gasteiger partial charge in [-0.15, -0.1) is 15.3 Å². The topological polar surface area (TPSA) is 81.2 Å². The van der Waals surface area contributed by atoms with Crippen molar-refractivity contribution in [3.8, 4) is 0 Å². The number of rotatable bonds is 3. The van der Waals surface area contributed by atoms with E-state index in [9.17, 15) is 4.79 Å². The van der Waals surface area contributed by atoms with Gasteiger partial charge < -0.3 is 4.90 Å². The maximum absolute atomic E-state index is 12.6. The molecule has 3 aromatic heterocycles. The number of fused-ring (bicyclic) bond motifs is 2. The molecule has 0 N–H and O–H groups in total. The quantitative estimate of drug-likeness (QED) is 0.700. The lowest BCUT2D eigenvalue weighted by molar-refractivity contribution is 0.471. The van der Waals surface area contributed by atoms with Gasteiger partial charge in [0.15, 0.2) is 11.5 Å². The van der Waals surface area contributed by atoms with Gasteiger partial charge >= 0.3 is 0 Å². The Hall–Kier alpha value is -2.77. The maximum atomic E-state index is 12.6. The monoisotopic (exact) mass is 365 g/mol. The molecule has 3 aromatic rings. The summed E-state index contributed by atoms with van der Waals surface area (Å²) in [6, 6.07) is 5.95. The standard InChI is InChI=1S/C19H23N7O/c1-13-20-21-17-8-9-18(23-26(13)17)24-10-4-6-15(24)12-25-19(27)11-14-5-2-3-7-16(14)22-25/h8-9,11,15H,2-7,10,12H2,1H3. The highest BCUT2D eigenvalue weighted by molar-refractivity contribution is 5.47. The molecular formula is C19H23N7O. The number of anilines is 1. The highest BCUT2D eigenvalue weighted by atomic mass is 16.1. The number of nitrogens with zero attached hydrogens (tertiary/aromatic N) is 7. The van der Waals surface area contributed by atoms with Crippen molar-refractivity contribution in [3.05, 3.63) is 45.6 Å². The average molecular weight is 365 g/mol. The Balaban J connectivity index is 1.44. The van der Waals surface area contributed by atoms with Crippen LogP contribution in [0.1, 0.15) is 42.8 Å². The molecule has 1 aliphatic heterocycles. The Morgan fingerprint density at radius 2 is 2.00 bits per heavy atom. The number of aryl methyl sites for hydroxylation is 3. The molecule has 1 aliphatic carbocycles. The molecule has 8 nitrogen and oxygen atoms in total. The minimum Gasteiger partial charge on any atom is -0.350 e. The predicted molar refractivity (Wildman–Crippen MR) is 101 cm³/mol. The summed E-state index contributed by atoms with van der Waals surface area (Å²) in [6.07, 6.45) is 6.41. The van der Waals surface area contributed by atoms with E-state index < -0.39 is 0 Å². The molecule has 0 saturated carbocycles. The highest BCUT2D eigenvalue weighted by Gasteiger charge is 2.27. The van der Waals surface area contributed by atoms with E-state index >= 15 is 0 Å². The van der Waals surface area contributed by atoms with E-state index in [0.717, 1.165) is 73.6 Å². The van der Waals surface area contributed by atoms with E-state index in [1.807, 2.05) is 19.1 Å². The van der Waals surface area contributed by atoms with E-state index in [1.54, 1.807) is 15.3 Å². The van der Waals surface area contributed by atoms with Gasteiger partial charge in [0, 0.05) is 12.6 Å². The number of hydrogen-bond acceptors (Lipinski definition) is 6. The first kappa shape index (κ1) is 16.4. The van der Waals surface area contributed by atoms with Crippen molar-refractivity contribution < 1.29 is 0 Å². The van der Waals surface area contributed by atoms with Crippen molar-refractivity contribution in [2.24, 2.45) is 0 Å². The van der Waals surface area contributed by atoms with Crippen molar-refractivity contribution in [1.29, 1.82) is 0 Å². The van der Waals surface area contributed by atoms with Gasteiger partial charge in [-0.3, -0.25) is 4.79 Å². The Morgan fingerprint density at radius 3 is 2.93 bits per heavy atom. The Morgan fingerprint density at radius 1 is 1.11 bits per heavy atom. The SMILES string of the molecule is Cc1nnc2ccc(N3CCCC3Cn3nc4c(cc3=O)CCCC4)nn12. The van der Waals surface area contributed by atoms with Crippen molar-refractivity contribution in [3.63, 3.8) is 0 Å². The van der Waals surface area contributed by atoms with Gasteiger partial charge in [0.2, 0.25) is 0 Å². The molecule has 27 heavy (non-hydrogen) atoms. The molecule has 0 amide bonds. The lowest BCUT2D eigenvalue weighted by Gasteiger charge is -2.26. The fourth-order valence-corrected chi connectivity index (χ4v) is 4.30. The van der Waals surface area contributed by atoms with Crippen LogP contribution in [0.15, 0.2) is 23.0 Å². The van der Waals surface area contributed by atoms with E-state index in [-0.39, 0.29) is 11.6 Å². The fourth-order valence-electron chi connectivity index (χ4n) is 4.30. The first-order chi connectivity index (χ1) is 13.2. The predicted octanol–water partition coefficient (Wildman–Crippen LogP) is 1.54. The zero-order valence-electron chi connectivity index (χ0n) is 15.5. The smallest absolute Gasteiger partial charge is 0.267 e. The maximum Gasteiger partial charge on any atom is 0.267 e. The number of aromatic nitrogens is 6. The molecular weight excluding hydrogens is 342 g/mol. The van der Waals surface area contributed by atoms with Crippen LogP contribution in [0.2, 0.25) is 0 Å². The van der Waals surface area contributed by atoms with Crippen LogP contribution in [0.4, 0.5) is 5.82 Å². The van der Waals surface area contributed by atoms with Crippen molar-refractivity contribution >= 4 is 11.5 Å². The van der Waals surface area contributed by atoms with Crippen LogP contribution in [0, 0.1) is 6.92 Å². The summed E-state index contributed by atoms with van der Waals surface area (Å²) in [5.74, 6) is 1.68. The third-order valence-corrected chi connectivity index (χ3v) is 5.73. The molecule has 0 bridgehead atoms. The second-order valence-corrected chi connectivity index (χ2v) is 7.54. The lowest BCUT2D eigenvalue weighted by atomic mass is 9.97.